The van der Waals surface area contributed by atoms with Gasteiger partial charge >= 0.3 is 0 Å². The molecular weight excluding hydrogens is 255 g/mol. The molecule has 0 heterocycles. The van der Waals surface area contributed by atoms with Crippen molar-refractivity contribution in [3.8, 4) is 0 Å². The highest BCUT2D eigenvalue weighted by molar-refractivity contribution is 5.99. The molecule has 1 rings (SSSR count). The number of unbranched alkanes of at least 4 members (excludes halogenated alkanes) is 2. The van der Waals surface area contributed by atoms with E-state index in [1.807, 2.05) is 0 Å². The minimum Gasteiger partial charge on any atom is -0.398 e. The molecule has 0 aliphatic rings. The predicted molar refractivity (Wildman–Crippen MR) is 81.1 cm³/mol. The molecule has 3 N–H and O–H groups in total. The lowest BCUT2D eigenvalue weighted by atomic mass is 9.87. The first-order valence-corrected chi connectivity index (χ1v) is 7.19. The van der Waals surface area contributed by atoms with Crippen LogP contribution in [-0.2, 0) is 0 Å². The van der Waals surface area contributed by atoms with E-state index >= 15 is 0 Å². The minimum absolute atomic E-state index is 0.0346. The zero-order valence-electron chi connectivity index (χ0n) is 12.6. The van der Waals surface area contributed by atoms with Crippen molar-refractivity contribution in [3.63, 3.8) is 0 Å². The van der Waals surface area contributed by atoms with Gasteiger partial charge in [0.2, 0.25) is 0 Å². The first-order valence-electron chi connectivity index (χ1n) is 7.19. The fraction of sp³-hybridized carbons (Fsp3) is 0.562. The maximum atomic E-state index is 13.2. The van der Waals surface area contributed by atoms with E-state index in [0.29, 0.717) is 12.2 Å². The largest absolute Gasteiger partial charge is 0.398 e. The molecule has 0 radical (unpaired) electrons. The summed E-state index contributed by atoms with van der Waals surface area (Å²) >= 11 is 0. The molecule has 1 amide bonds. The highest BCUT2D eigenvalue weighted by Gasteiger charge is 2.19. The van der Waals surface area contributed by atoms with Gasteiger partial charge in [0, 0.05) is 12.2 Å². The van der Waals surface area contributed by atoms with E-state index in [0.717, 1.165) is 12.8 Å². The van der Waals surface area contributed by atoms with Crippen molar-refractivity contribution in [2.45, 2.75) is 46.5 Å². The van der Waals surface area contributed by atoms with Crippen LogP contribution in [0.4, 0.5) is 10.1 Å². The van der Waals surface area contributed by atoms with Crippen LogP contribution in [0, 0.1) is 11.2 Å². The Labute approximate surface area is 120 Å². The van der Waals surface area contributed by atoms with Gasteiger partial charge in [0.25, 0.3) is 5.91 Å². The van der Waals surface area contributed by atoms with E-state index in [9.17, 15) is 9.18 Å². The molecular formula is C16H25FN2O. The number of rotatable bonds is 7. The van der Waals surface area contributed by atoms with Gasteiger partial charge in [-0.15, -0.1) is 0 Å². The fourth-order valence-corrected chi connectivity index (χ4v) is 2.08. The number of carbonyl (C=O) groups is 1. The average Bonchev–Trinajstić information content (AvgIpc) is 2.39. The minimum atomic E-state index is -0.452. The number of benzene rings is 1. The van der Waals surface area contributed by atoms with Crippen LogP contribution in [0.5, 0.6) is 0 Å². The van der Waals surface area contributed by atoms with Gasteiger partial charge in [0.1, 0.15) is 5.82 Å². The quantitative estimate of drug-likeness (QED) is 0.590. The maximum absolute atomic E-state index is 13.2. The van der Waals surface area contributed by atoms with Crippen molar-refractivity contribution in [3.05, 3.63) is 29.6 Å². The standard InChI is InChI=1S/C16H25FN2O/c1-4-5-6-9-16(2,3)11-19-15(20)13-10-12(17)7-8-14(13)18/h7-8,10H,4-6,9,11,18H2,1-3H3,(H,19,20). The number of nitrogens with one attached hydrogen (secondary N) is 1. The first kappa shape index (κ1) is 16.5. The van der Waals surface area contributed by atoms with E-state index < -0.39 is 5.82 Å². The summed E-state index contributed by atoms with van der Waals surface area (Å²) in [4.78, 5) is 12.0. The highest BCUT2D eigenvalue weighted by Crippen LogP contribution is 2.23. The van der Waals surface area contributed by atoms with Gasteiger partial charge in [-0.2, -0.15) is 0 Å². The number of nitrogens with two attached hydrogens (primary N) is 1. The SMILES string of the molecule is CCCCCC(C)(C)CNC(=O)c1cc(F)ccc1N. The topological polar surface area (TPSA) is 55.1 Å². The van der Waals surface area contributed by atoms with Crippen molar-refractivity contribution < 1.29 is 9.18 Å². The Morgan fingerprint density at radius 2 is 2.05 bits per heavy atom. The molecule has 3 nitrogen and oxygen atoms in total. The monoisotopic (exact) mass is 280 g/mol. The molecule has 0 bridgehead atoms. The smallest absolute Gasteiger partial charge is 0.253 e. The molecule has 0 saturated carbocycles. The van der Waals surface area contributed by atoms with Crippen molar-refractivity contribution in [1.82, 2.24) is 5.32 Å². The third-order valence-electron chi connectivity index (χ3n) is 3.44. The normalized spacial score (nSPS) is 11.4. The number of halogens is 1. The maximum Gasteiger partial charge on any atom is 0.253 e. The number of anilines is 1. The number of carbonyl (C=O) groups excluding carboxylic acids is 1. The Bertz CT molecular complexity index is 458. The molecule has 1 aromatic carbocycles. The molecule has 0 aliphatic carbocycles. The second-order valence-corrected chi connectivity index (χ2v) is 6.04. The molecule has 0 aromatic heterocycles. The number of hydrogen-bond acceptors (Lipinski definition) is 2. The lowest BCUT2D eigenvalue weighted by Crippen LogP contribution is -2.34. The Morgan fingerprint density at radius 1 is 1.35 bits per heavy atom. The summed E-state index contributed by atoms with van der Waals surface area (Å²) in [7, 11) is 0. The summed E-state index contributed by atoms with van der Waals surface area (Å²) in [6, 6.07) is 3.84. The predicted octanol–water partition coefficient (Wildman–Crippen LogP) is 3.74. The molecule has 0 spiro atoms. The van der Waals surface area contributed by atoms with E-state index in [1.165, 1.54) is 31.0 Å². The number of amides is 1. The summed E-state index contributed by atoms with van der Waals surface area (Å²) in [6.07, 6.45) is 4.59. The Morgan fingerprint density at radius 3 is 2.70 bits per heavy atom. The van der Waals surface area contributed by atoms with Crippen LogP contribution < -0.4 is 11.1 Å². The second kappa shape index (κ2) is 7.27. The number of nitrogen functional groups attached to an aromatic ring is 1. The molecule has 4 heteroatoms. The second-order valence-electron chi connectivity index (χ2n) is 6.04. The van der Waals surface area contributed by atoms with Crippen molar-refractivity contribution in [2.24, 2.45) is 5.41 Å². The molecule has 0 unspecified atom stereocenters. The summed E-state index contributed by atoms with van der Waals surface area (Å²) < 4.78 is 13.2. The molecule has 20 heavy (non-hydrogen) atoms. The van der Waals surface area contributed by atoms with Gasteiger partial charge in [-0.25, -0.2) is 4.39 Å². The first-order chi connectivity index (χ1) is 9.35. The van der Waals surface area contributed by atoms with Gasteiger partial charge in [0.05, 0.1) is 5.56 Å². The van der Waals surface area contributed by atoms with Crippen molar-refractivity contribution in [1.29, 1.82) is 0 Å². The average molecular weight is 280 g/mol. The summed E-state index contributed by atoms with van der Waals surface area (Å²) in [6.45, 7) is 6.97. The Balaban J connectivity index is 2.56. The lowest BCUT2D eigenvalue weighted by molar-refractivity contribution is 0.0934. The van der Waals surface area contributed by atoms with Crippen LogP contribution in [0.2, 0.25) is 0 Å². The van der Waals surface area contributed by atoms with Gasteiger partial charge in [-0.05, 0) is 30.0 Å². The summed E-state index contributed by atoms with van der Waals surface area (Å²) in [5, 5.41) is 2.85. The van der Waals surface area contributed by atoms with E-state index in [-0.39, 0.29) is 16.9 Å². The van der Waals surface area contributed by atoms with Gasteiger partial charge in [-0.3, -0.25) is 4.79 Å². The third-order valence-corrected chi connectivity index (χ3v) is 3.44. The molecule has 0 fully saturated rings. The Kier molecular flexibility index (Phi) is 5.99. The zero-order valence-corrected chi connectivity index (χ0v) is 12.6. The van der Waals surface area contributed by atoms with Crippen LogP contribution in [0.1, 0.15) is 56.8 Å². The fourth-order valence-electron chi connectivity index (χ4n) is 2.08. The van der Waals surface area contributed by atoms with E-state index in [2.05, 4.69) is 26.1 Å². The van der Waals surface area contributed by atoms with Crippen LogP contribution in [0.25, 0.3) is 0 Å². The van der Waals surface area contributed by atoms with Crippen LogP contribution in [-0.4, -0.2) is 12.5 Å². The van der Waals surface area contributed by atoms with Crippen molar-refractivity contribution in [2.75, 3.05) is 12.3 Å². The molecule has 0 atom stereocenters. The van der Waals surface area contributed by atoms with Crippen LogP contribution in [0.3, 0.4) is 0 Å². The molecule has 0 aliphatic heterocycles. The van der Waals surface area contributed by atoms with E-state index in [4.69, 9.17) is 5.73 Å². The van der Waals surface area contributed by atoms with Gasteiger partial charge in [-0.1, -0.05) is 40.0 Å². The lowest BCUT2D eigenvalue weighted by Gasteiger charge is -2.25. The Hall–Kier alpha value is -1.58. The summed E-state index contributed by atoms with van der Waals surface area (Å²) in [5.74, 6) is -0.767. The van der Waals surface area contributed by atoms with E-state index in [1.54, 1.807) is 0 Å². The highest BCUT2D eigenvalue weighted by atomic mass is 19.1. The molecule has 1 aromatic rings. The summed E-state index contributed by atoms with van der Waals surface area (Å²) in [5.41, 5.74) is 6.24. The van der Waals surface area contributed by atoms with Crippen molar-refractivity contribution >= 4 is 11.6 Å². The molecule has 0 saturated heterocycles. The van der Waals surface area contributed by atoms with Gasteiger partial charge < -0.3 is 11.1 Å². The molecule has 112 valence electrons. The van der Waals surface area contributed by atoms with Crippen LogP contribution in [0.15, 0.2) is 18.2 Å². The zero-order chi connectivity index (χ0) is 15.2. The van der Waals surface area contributed by atoms with Crippen LogP contribution >= 0.6 is 0 Å². The number of hydrogen-bond donors (Lipinski definition) is 2. The van der Waals surface area contributed by atoms with Gasteiger partial charge in [0.15, 0.2) is 0 Å². The third kappa shape index (κ3) is 5.19.